The lowest BCUT2D eigenvalue weighted by Gasteiger charge is -2.31. The molecule has 0 saturated carbocycles. The molecule has 1 aliphatic heterocycles. The lowest BCUT2D eigenvalue weighted by atomic mass is 10.1. The van der Waals surface area contributed by atoms with Crippen LogP contribution in [-0.2, 0) is 14.8 Å². The van der Waals surface area contributed by atoms with Crippen LogP contribution in [0.3, 0.4) is 0 Å². The molecule has 1 aliphatic rings. The maximum Gasteiger partial charge on any atom is 0.275 e. The molecule has 2 N–H and O–H groups in total. The predicted octanol–water partition coefficient (Wildman–Crippen LogP) is 1.38. The van der Waals surface area contributed by atoms with Crippen LogP contribution in [0.25, 0.3) is 0 Å². The van der Waals surface area contributed by atoms with E-state index in [0.29, 0.717) is 37.1 Å². The first-order valence-corrected chi connectivity index (χ1v) is 11.8. The van der Waals surface area contributed by atoms with Gasteiger partial charge in [0.15, 0.2) is 6.54 Å². The van der Waals surface area contributed by atoms with E-state index in [2.05, 4.69) is 12.2 Å². The summed E-state index contributed by atoms with van der Waals surface area (Å²) in [6, 6.07) is 3.35. The van der Waals surface area contributed by atoms with E-state index in [1.165, 1.54) is 17.1 Å². The van der Waals surface area contributed by atoms with Crippen molar-refractivity contribution in [3.8, 4) is 0 Å². The van der Waals surface area contributed by atoms with Gasteiger partial charge in [-0.1, -0.05) is 37.8 Å². The van der Waals surface area contributed by atoms with Crippen molar-refractivity contribution in [3.63, 3.8) is 0 Å². The summed E-state index contributed by atoms with van der Waals surface area (Å²) >= 11 is 6.93. The van der Waals surface area contributed by atoms with E-state index in [9.17, 15) is 13.2 Å². The number of nitrogens with zero attached hydrogens (tertiary/aromatic N) is 1. The number of hydrogen-bond donors (Lipinski definition) is 2. The molecule has 9 heteroatoms. The summed E-state index contributed by atoms with van der Waals surface area (Å²) in [5.41, 5.74) is 0. The molecule has 0 spiro atoms. The van der Waals surface area contributed by atoms with E-state index >= 15 is 0 Å². The second kappa shape index (κ2) is 10.0. The van der Waals surface area contributed by atoms with Gasteiger partial charge in [0.2, 0.25) is 0 Å². The van der Waals surface area contributed by atoms with Gasteiger partial charge < -0.3 is 10.2 Å². The summed E-state index contributed by atoms with van der Waals surface area (Å²) in [6.07, 6.45) is 4.51. The van der Waals surface area contributed by atoms with Crippen LogP contribution in [0.2, 0.25) is 4.34 Å². The molecule has 1 aromatic rings. The smallest absolute Gasteiger partial charge is 0.275 e. The zero-order valence-corrected chi connectivity index (χ0v) is 17.9. The minimum absolute atomic E-state index is 0.0466. The maximum atomic E-state index is 12.6. The second-order valence-electron chi connectivity index (χ2n) is 6.85. The van der Waals surface area contributed by atoms with Gasteiger partial charge in [-0.25, -0.2) is 8.42 Å². The van der Waals surface area contributed by atoms with Crippen molar-refractivity contribution in [2.75, 3.05) is 32.7 Å². The van der Waals surface area contributed by atoms with Crippen molar-refractivity contribution in [2.24, 2.45) is 0 Å². The normalized spacial score (nSPS) is 18.0. The van der Waals surface area contributed by atoms with E-state index in [4.69, 9.17) is 11.6 Å². The molecular weight excluding hydrogens is 394 g/mol. The second-order valence-corrected chi connectivity index (χ2v) is 10.7. The summed E-state index contributed by atoms with van der Waals surface area (Å²) in [5.74, 6) is 0.0466. The average Bonchev–Trinajstić information content (AvgIpc) is 3.03. The van der Waals surface area contributed by atoms with Crippen LogP contribution in [-0.4, -0.2) is 57.4 Å². The van der Waals surface area contributed by atoms with Crippen molar-refractivity contribution >= 4 is 38.9 Å². The fraction of sp³-hybridized carbons (Fsp3) is 0.706. The molecule has 148 valence electrons. The van der Waals surface area contributed by atoms with Crippen LogP contribution in [0.4, 0.5) is 0 Å². The summed E-state index contributed by atoms with van der Waals surface area (Å²) in [4.78, 5) is 13.3. The molecule has 0 aromatic carbocycles. The van der Waals surface area contributed by atoms with Crippen LogP contribution in [0, 0.1) is 0 Å². The number of rotatable bonds is 9. The van der Waals surface area contributed by atoms with Gasteiger partial charge in [0.25, 0.3) is 15.9 Å². The number of nitrogens with one attached hydrogen (secondary N) is 2. The number of quaternary nitrogens is 1. The van der Waals surface area contributed by atoms with E-state index in [1.54, 1.807) is 12.1 Å². The van der Waals surface area contributed by atoms with Gasteiger partial charge in [0.1, 0.15) is 4.21 Å². The molecule has 1 atom stereocenters. The highest BCUT2D eigenvalue weighted by Crippen LogP contribution is 2.27. The highest BCUT2D eigenvalue weighted by Gasteiger charge is 2.32. The molecule has 0 bridgehead atoms. The van der Waals surface area contributed by atoms with Gasteiger partial charge in [-0.05, 0) is 25.5 Å². The highest BCUT2D eigenvalue weighted by atomic mass is 35.5. The quantitative estimate of drug-likeness (QED) is 0.590. The number of unbranched alkanes of at least 4 members (excludes halogenated alkanes) is 2. The zero-order valence-electron chi connectivity index (χ0n) is 15.5. The fourth-order valence-electron chi connectivity index (χ4n) is 3.11. The molecule has 2 rings (SSSR count). The Bertz CT molecular complexity index is 685. The molecule has 26 heavy (non-hydrogen) atoms. The van der Waals surface area contributed by atoms with Gasteiger partial charge >= 0.3 is 0 Å². The standard InChI is InChI=1S/C17H28ClN3O3S2/c1-3-4-5-6-14(2)19-16(22)13-20-9-11-21(12-10-20)26(23,24)17-8-7-15(18)25-17/h7-8,14H,3-6,9-13H2,1-2H3,(H,19,22)/p+1/t14-/m1/s1. The van der Waals surface area contributed by atoms with Crippen LogP contribution in [0.1, 0.15) is 39.5 Å². The van der Waals surface area contributed by atoms with Gasteiger partial charge in [-0.15, -0.1) is 11.3 Å². The largest absolute Gasteiger partial charge is 0.349 e. The van der Waals surface area contributed by atoms with Gasteiger partial charge in [0.05, 0.1) is 30.5 Å². The van der Waals surface area contributed by atoms with Crippen molar-refractivity contribution in [2.45, 2.75) is 49.8 Å². The van der Waals surface area contributed by atoms with Crippen molar-refractivity contribution in [1.29, 1.82) is 0 Å². The Kier molecular flexibility index (Phi) is 8.35. The third-order valence-corrected chi connectivity index (χ3v) is 8.23. The number of amides is 1. The Morgan fingerprint density at radius 3 is 2.62 bits per heavy atom. The zero-order chi connectivity index (χ0) is 19.2. The lowest BCUT2D eigenvalue weighted by molar-refractivity contribution is -0.895. The molecular formula is C17H29ClN3O3S2+. The highest BCUT2D eigenvalue weighted by molar-refractivity contribution is 7.91. The molecule has 0 unspecified atom stereocenters. The Balaban J connectivity index is 1.77. The number of carbonyl (C=O) groups is 1. The summed E-state index contributed by atoms with van der Waals surface area (Å²) < 4.78 is 27.4. The van der Waals surface area contributed by atoms with Crippen LogP contribution in [0.15, 0.2) is 16.3 Å². The maximum absolute atomic E-state index is 12.6. The topological polar surface area (TPSA) is 70.9 Å². The Morgan fingerprint density at radius 2 is 2.04 bits per heavy atom. The third-order valence-electron chi connectivity index (χ3n) is 4.63. The number of hydrogen-bond acceptors (Lipinski definition) is 4. The van der Waals surface area contributed by atoms with Crippen LogP contribution >= 0.6 is 22.9 Å². The number of piperazine rings is 1. The van der Waals surface area contributed by atoms with Crippen molar-refractivity contribution < 1.29 is 18.1 Å². The van der Waals surface area contributed by atoms with E-state index < -0.39 is 10.0 Å². The monoisotopic (exact) mass is 422 g/mol. The van der Waals surface area contributed by atoms with Gasteiger partial charge in [-0.3, -0.25) is 4.79 Å². The third kappa shape index (κ3) is 6.20. The Hall–Kier alpha value is -0.670. The van der Waals surface area contributed by atoms with Crippen molar-refractivity contribution in [1.82, 2.24) is 9.62 Å². The fourth-order valence-corrected chi connectivity index (χ4v) is 6.19. The molecule has 0 radical (unpaired) electrons. The van der Waals surface area contributed by atoms with Crippen molar-refractivity contribution in [3.05, 3.63) is 16.5 Å². The first kappa shape index (κ1) is 21.6. The molecule has 1 fully saturated rings. The number of thiophene rings is 1. The number of halogens is 1. The van der Waals surface area contributed by atoms with Gasteiger partial charge in [0, 0.05) is 6.04 Å². The minimum atomic E-state index is -3.47. The first-order chi connectivity index (χ1) is 12.3. The molecule has 2 heterocycles. The summed E-state index contributed by atoms with van der Waals surface area (Å²) in [6.45, 7) is 6.72. The number of sulfonamides is 1. The Morgan fingerprint density at radius 1 is 1.35 bits per heavy atom. The summed E-state index contributed by atoms with van der Waals surface area (Å²) in [7, 11) is -3.47. The molecule has 1 amide bonds. The predicted molar refractivity (Wildman–Crippen MR) is 105 cm³/mol. The lowest BCUT2D eigenvalue weighted by Crippen LogP contribution is -3.15. The van der Waals surface area contributed by atoms with E-state index in [1.807, 2.05) is 6.92 Å². The van der Waals surface area contributed by atoms with Crippen LogP contribution < -0.4 is 10.2 Å². The SMILES string of the molecule is CCCCC[C@@H](C)NC(=O)C[NH+]1CCN(S(=O)(=O)c2ccc(Cl)s2)CC1. The molecule has 0 aliphatic carbocycles. The molecule has 6 nitrogen and oxygen atoms in total. The van der Waals surface area contributed by atoms with E-state index in [-0.39, 0.29) is 16.2 Å². The first-order valence-electron chi connectivity index (χ1n) is 9.21. The van der Waals surface area contributed by atoms with E-state index in [0.717, 1.165) is 29.1 Å². The minimum Gasteiger partial charge on any atom is -0.349 e. The van der Waals surface area contributed by atoms with Gasteiger partial charge in [-0.2, -0.15) is 4.31 Å². The van der Waals surface area contributed by atoms with Crippen LogP contribution in [0.5, 0.6) is 0 Å². The molecule has 1 saturated heterocycles. The Labute approximate surface area is 165 Å². The average molecular weight is 423 g/mol. The summed E-state index contributed by atoms with van der Waals surface area (Å²) in [5, 5.41) is 3.05. The number of carbonyl (C=O) groups excluding carboxylic acids is 1. The molecule has 1 aromatic heterocycles.